The van der Waals surface area contributed by atoms with Crippen molar-refractivity contribution in [1.82, 2.24) is 0 Å². The molecule has 258 valence electrons. The molecule has 0 unspecified atom stereocenters. The summed E-state index contributed by atoms with van der Waals surface area (Å²) < 4.78 is 0. The van der Waals surface area contributed by atoms with Gasteiger partial charge < -0.3 is 46.0 Å². The van der Waals surface area contributed by atoms with Gasteiger partial charge in [-0.3, -0.25) is 0 Å². The molecule has 4 aromatic carbocycles. The van der Waals surface area contributed by atoms with Crippen molar-refractivity contribution in [3.63, 3.8) is 0 Å². The average molecular weight is 661 g/mol. The van der Waals surface area contributed by atoms with Crippen LogP contribution in [0.4, 0.5) is 0 Å². The third-order valence-electron chi connectivity index (χ3n) is 10.1. The van der Waals surface area contributed by atoms with Gasteiger partial charge >= 0.3 is 0 Å². The van der Waals surface area contributed by atoms with Crippen molar-refractivity contribution in [2.75, 3.05) is 0 Å². The second-order valence-corrected chi connectivity index (χ2v) is 14.1. The fraction of sp³-hybridized carbons (Fsp3) is 0.385. The van der Waals surface area contributed by atoms with Gasteiger partial charge in [-0.15, -0.1) is 0 Å². The molecule has 0 aromatic heterocycles. The van der Waals surface area contributed by atoms with E-state index in [1.54, 1.807) is 36.4 Å². The highest BCUT2D eigenvalue weighted by molar-refractivity contribution is 5.56. The van der Waals surface area contributed by atoms with Gasteiger partial charge in [0, 0.05) is 49.6 Å². The Morgan fingerprint density at radius 1 is 0.312 bits per heavy atom. The summed E-state index contributed by atoms with van der Waals surface area (Å²) in [5, 5.41) is 91.8. The molecule has 0 fully saturated rings. The number of benzene rings is 4. The molecular weight excluding hydrogens is 612 g/mol. The van der Waals surface area contributed by atoms with Crippen molar-refractivity contribution in [3.8, 4) is 17.2 Å². The quantitative estimate of drug-likeness (QED) is 0.104. The molecule has 9 N–H and O–H groups in total. The van der Waals surface area contributed by atoms with E-state index < -0.39 is 55.9 Å². The zero-order valence-electron chi connectivity index (χ0n) is 28.5. The van der Waals surface area contributed by atoms with Crippen molar-refractivity contribution in [2.45, 2.75) is 97.4 Å². The van der Waals surface area contributed by atoms with Crippen LogP contribution < -0.4 is 0 Å². The van der Waals surface area contributed by atoms with Crippen molar-refractivity contribution in [3.05, 3.63) is 121 Å². The Bertz CT molecular complexity index is 1510. The standard InChI is InChI=1S/C39H48O9/c1-37(2,28-7-22(16-40)34(46)23(8-28)17-41)31-13-32(38(3,4)29-9-24(18-42)35(47)25(10-29)19-43)15-33(14-31)39(5,6)30-11-26(20-44)36(48)27(12-30)21-45/h7-15,40-48H,16-21H2,1-6H3. The molecule has 0 aliphatic rings. The van der Waals surface area contributed by atoms with Crippen molar-refractivity contribution in [2.24, 2.45) is 0 Å². The summed E-state index contributed by atoms with van der Waals surface area (Å²) in [6.45, 7) is 9.52. The van der Waals surface area contributed by atoms with Gasteiger partial charge in [-0.25, -0.2) is 0 Å². The molecule has 0 saturated carbocycles. The Morgan fingerprint density at radius 2 is 0.458 bits per heavy atom. The van der Waals surface area contributed by atoms with Crippen LogP contribution in [0.2, 0.25) is 0 Å². The maximum atomic E-state index is 10.6. The SMILES string of the molecule is CC(C)(c1cc(C(C)(C)c2cc(CO)c(O)c(CO)c2)cc(C(C)(C)c2cc(CO)c(O)c(CO)c2)c1)c1cc(CO)c(O)c(CO)c1. The first-order valence-electron chi connectivity index (χ1n) is 15.9. The maximum Gasteiger partial charge on any atom is 0.126 e. The summed E-state index contributed by atoms with van der Waals surface area (Å²) in [5.74, 6) is -0.473. The third-order valence-corrected chi connectivity index (χ3v) is 10.1. The summed E-state index contributed by atoms with van der Waals surface area (Å²) in [6.07, 6.45) is 0. The molecule has 0 aliphatic carbocycles. The minimum Gasteiger partial charge on any atom is -0.507 e. The fourth-order valence-corrected chi connectivity index (χ4v) is 6.30. The number of aromatic hydroxyl groups is 3. The Labute approximate surface area is 281 Å². The van der Waals surface area contributed by atoms with E-state index in [2.05, 4.69) is 18.2 Å². The van der Waals surface area contributed by atoms with Crippen LogP contribution in [-0.4, -0.2) is 46.0 Å². The fourth-order valence-electron chi connectivity index (χ4n) is 6.30. The molecule has 0 radical (unpaired) electrons. The Hall–Kier alpha value is -3.96. The van der Waals surface area contributed by atoms with Crippen LogP contribution in [0.5, 0.6) is 17.2 Å². The van der Waals surface area contributed by atoms with Gasteiger partial charge in [0.2, 0.25) is 0 Å². The second-order valence-electron chi connectivity index (χ2n) is 14.1. The molecule has 9 nitrogen and oxygen atoms in total. The Balaban J connectivity index is 2.06. The van der Waals surface area contributed by atoms with Gasteiger partial charge in [0.25, 0.3) is 0 Å². The lowest BCUT2D eigenvalue weighted by Crippen LogP contribution is -2.27. The maximum absolute atomic E-state index is 10.6. The molecule has 0 saturated heterocycles. The van der Waals surface area contributed by atoms with Gasteiger partial charge in [0.05, 0.1) is 39.6 Å². The zero-order chi connectivity index (χ0) is 35.8. The van der Waals surface area contributed by atoms with E-state index >= 15 is 0 Å². The molecule has 0 aliphatic heterocycles. The van der Waals surface area contributed by atoms with E-state index in [0.29, 0.717) is 0 Å². The summed E-state index contributed by atoms with van der Waals surface area (Å²) in [7, 11) is 0. The van der Waals surface area contributed by atoms with Crippen LogP contribution in [-0.2, 0) is 55.9 Å². The molecule has 4 aromatic rings. The topological polar surface area (TPSA) is 182 Å². The summed E-state index contributed by atoms with van der Waals surface area (Å²) in [5.41, 5.74) is 4.35. The first-order valence-corrected chi connectivity index (χ1v) is 15.9. The molecule has 0 amide bonds. The van der Waals surface area contributed by atoms with E-state index in [1.165, 1.54) is 0 Å². The number of aliphatic hydroxyl groups is 6. The van der Waals surface area contributed by atoms with Crippen molar-refractivity contribution in [1.29, 1.82) is 0 Å². The largest absolute Gasteiger partial charge is 0.507 e. The van der Waals surface area contributed by atoms with Crippen LogP contribution >= 0.6 is 0 Å². The summed E-state index contributed by atoms with van der Waals surface area (Å²) >= 11 is 0. The predicted molar refractivity (Wildman–Crippen MR) is 183 cm³/mol. The first kappa shape index (κ1) is 36.9. The van der Waals surface area contributed by atoms with E-state index in [0.717, 1.165) is 33.4 Å². The van der Waals surface area contributed by atoms with Gasteiger partial charge in [-0.1, -0.05) is 59.7 Å². The van der Waals surface area contributed by atoms with E-state index in [1.807, 2.05) is 41.5 Å². The first-order chi connectivity index (χ1) is 22.5. The number of phenols is 3. The lowest BCUT2D eigenvalue weighted by Gasteiger charge is -2.36. The molecular formula is C39H48O9. The number of rotatable bonds is 12. The van der Waals surface area contributed by atoms with Crippen LogP contribution in [0, 0.1) is 0 Å². The highest BCUT2D eigenvalue weighted by atomic mass is 16.3. The van der Waals surface area contributed by atoms with Crippen LogP contribution in [0.15, 0.2) is 54.6 Å². The second kappa shape index (κ2) is 13.9. The van der Waals surface area contributed by atoms with E-state index in [4.69, 9.17) is 0 Å². The third kappa shape index (κ3) is 6.54. The van der Waals surface area contributed by atoms with Gasteiger partial charge in [0.15, 0.2) is 0 Å². The zero-order valence-corrected chi connectivity index (χ0v) is 28.5. The smallest absolute Gasteiger partial charge is 0.126 e. The average Bonchev–Trinajstić information content (AvgIpc) is 3.07. The van der Waals surface area contributed by atoms with Crippen LogP contribution in [0.25, 0.3) is 0 Å². The van der Waals surface area contributed by atoms with Gasteiger partial charge in [-0.2, -0.15) is 0 Å². The minimum absolute atomic E-state index is 0.158. The number of hydrogen-bond donors (Lipinski definition) is 9. The molecule has 4 rings (SSSR count). The number of aliphatic hydroxyl groups excluding tert-OH is 6. The summed E-state index contributed by atoms with van der Waals surface area (Å²) in [6, 6.07) is 16.5. The lowest BCUT2D eigenvalue weighted by atomic mass is 9.68. The highest BCUT2D eigenvalue weighted by Crippen LogP contribution is 2.44. The van der Waals surface area contributed by atoms with Crippen LogP contribution in [0.1, 0.15) is 108 Å². The Kier molecular flexibility index (Phi) is 10.7. The molecule has 0 spiro atoms. The van der Waals surface area contributed by atoms with E-state index in [-0.39, 0.29) is 50.6 Å². The molecule has 0 atom stereocenters. The molecule has 48 heavy (non-hydrogen) atoms. The van der Waals surface area contributed by atoms with E-state index in [9.17, 15) is 46.0 Å². The number of hydrogen-bond acceptors (Lipinski definition) is 9. The van der Waals surface area contributed by atoms with Crippen LogP contribution in [0.3, 0.4) is 0 Å². The highest BCUT2D eigenvalue weighted by Gasteiger charge is 2.34. The molecule has 0 heterocycles. The van der Waals surface area contributed by atoms with Gasteiger partial charge in [0.1, 0.15) is 17.2 Å². The lowest BCUT2D eigenvalue weighted by molar-refractivity contribution is 0.262. The van der Waals surface area contributed by atoms with Gasteiger partial charge in [-0.05, 0) is 69.8 Å². The van der Waals surface area contributed by atoms with Crippen molar-refractivity contribution >= 4 is 0 Å². The van der Waals surface area contributed by atoms with Crippen molar-refractivity contribution < 1.29 is 46.0 Å². The molecule has 0 bridgehead atoms. The monoisotopic (exact) mass is 660 g/mol. The molecule has 9 heteroatoms. The summed E-state index contributed by atoms with van der Waals surface area (Å²) in [4.78, 5) is 0. The normalized spacial score (nSPS) is 12.5. The minimum atomic E-state index is -0.735. The predicted octanol–water partition coefficient (Wildman–Crippen LogP) is 4.73. The Morgan fingerprint density at radius 3 is 0.604 bits per heavy atom.